The van der Waals surface area contributed by atoms with Gasteiger partial charge in [-0.1, -0.05) is 246 Å². The van der Waals surface area contributed by atoms with E-state index in [1.54, 1.807) is 0 Å². The number of hydrogen-bond acceptors (Lipinski definition) is 10. The molecule has 0 saturated carbocycles. The van der Waals surface area contributed by atoms with E-state index < -0.39 is 57.8 Å². The van der Waals surface area contributed by atoms with E-state index in [-0.39, 0.29) is 25.9 Å². The van der Waals surface area contributed by atoms with Crippen LogP contribution in [0.2, 0.25) is 0 Å². The molecule has 0 aliphatic rings. The highest BCUT2D eigenvalue weighted by Gasteiger charge is 2.28. The maximum atomic E-state index is 12.9. The van der Waals surface area contributed by atoms with E-state index in [4.69, 9.17) is 23.3 Å². The molecular formula is C66H111O11P. The first kappa shape index (κ1) is 74.1. The number of ether oxygens (including phenoxy) is 3. The van der Waals surface area contributed by atoms with Crippen LogP contribution in [-0.4, -0.2) is 66.5 Å². The second kappa shape index (κ2) is 59.3. The summed E-state index contributed by atoms with van der Waals surface area (Å²) in [4.78, 5) is 48.7. The summed E-state index contributed by atoms with van der Waals surface area (Å²) in [5.41, 5.74) is 0. The third kappa shape index (κ3) is 56.8. The van der Waals surface area contributed by atoms with Crippen molar-refractivity contribution in [3.8, 4) is 0 Å². The van der Waals surface area contributed by atoms with Crippen molar-refractivity contribution in [1.82, 2.24) is 0 Å². The minimum atomic E-state index is -4.77. The number of hydrogen-bond donors (Lipinski definition) is 2. The molecule has 3 unspecified atom stereocenters. The monoisotopic (exact) mass is 1110 g/mol. The molecule has 78 heavy (non-hydrogen) atoms. The van der Waals surface area contributed by atoms with Crippen LogP contribution < -0.4 is 0 Å². The Kier molecular flexibility index (Phi) is 56.3. The van der Waals surface area contributed by atoms with Gasteiger partial charge in [0.15, 0.2) is 6.10 Å². The molecule has 11 nitrogen and oxygen atoms in total. The van der Waals surface area contributed by atoms with E-state index in [0.29, 0.717) is 25.7 Å². The predicted molar refractivity (Wildman–Crippen MR) is 325 cm³/mol. The van der Waals surface area contributed by atoms with Crippen LogP contribution >= 0.6 is 7.82 Å². The van der Waals surface area contributed by atoms with Crippen LogP contribution in [0.15, 0.2) is 109 Å². The Bertz CT molecular complexity index is 1720. The van der Waals surface area contributed by atoms with Crippen LogP contribution in [0.25, 0.3) is 0 Å². The van der Waals surface area contributed by atoms with E-state index in [9.17, 15) is 28.9 Å². The third-order valence-corrected chi connectivity index (χ3v) is 13.6. The van der Waals surface area contributed by atoms with Crippen molar-refractivity contribution in [1.29, 1.82) is 0 Å². The van der Waals surface area contributed by atoms with Gasteiger partial charge in [-0.2, -0.15) is 0 Å². The highest BCUT2D eigenvalue weighted by Crippen LogP contribution is 2.43. The van der Waals surface area contributed by atoms with Gasteiger partial charge in [0.1, 0.15) is 12.7 Å². The Morgan fingerprint density at radius 2 is 0.679 bits per heavy atom. The zero-order valence-corrected chi connectivity index (χ0v) is 50.2. The Morgan fingerprint density at radius 1 is 0.372 bits per heavy atom. The summed E-state index contributed by atoms with van der Waals surface area (Å²) in [5, 5.41) is 9.84. The molecule has 0 spiro atoms. The molecule has 0 fully saturated rings. The summed E-state index contributed by atoms with van der Waals surface area (Å²) >= 11 is 0. The summed E-state index contributed by atoms with van der Waals surface area (Å²) in [6.07, 6.45) is 71.9. The van der Waals surface area contributed by atoms with Crippen LogP contribution in [-0.2, 0) is 42.2 Å². The molecule has 0 aliphatic heterocycles. The number of phosphoric acid groups is 1. The average molecular weight is 1110 g/mol. The standard InChI is InChI=1S/C66H111O11P/c1-4-7-10-13-16-19-22-25-28-30-31-33-36-39-42-45-48-51-54-57-66(70)77-63(59-73-64(68)55-52-49-46-43-40-37-35-32-29-26-23-20-17-14-11-8-5-2)61-75-78(71,72)74-60-62(58-67)76-65(69)56-53-50-47-44-41-38-34-27-24-21-18-15-12-9-6-3/h7-8,10-11,16-17,19-20,25-26,28-29,31,33,35,37,43,46,62-63,67H,4-6,9,12-15,18,21-24,27,30,32,34,36,38-42,44-45,47-61H2,1-3H3,(H,71,72)/b10-7-,11-8-,19-16-,20-17-,28-25-,29-26-,33-31-,37-35-,46-43-. The molecule has 0 aromatic carbocycles. The van der Waals surface area contributed by atoms with E-state index in [1.807, 2.05) is 6.08 Å². The lowest BCUT2D eigenvalue weighted by molar-refractivity contribution is -0.161. The summed E-state index contributed by atoms with van der Waals surface area (Å²) in [6, 6.07) is 0. The maximum absolute atomic E-state index is 12.9. The average Bonchev–Trinajstić information content (AvgIpc) is 3.43. The summed E-state index contributed by atoms with van der Waals surface area (Å²) in [5.74, 6) is -1.55. The second-order valence-corrected chi connectivity index (χ2v) is 21.6. The van der Waals surface area contributed by atoms with Gasteiger partial charge in [0.05, 0.1) is 19.8 Å². The van der Waals surface area contributed by atoms with Gasteiger partial charge < -0.3 is 24.2 Å². The number of esters is 3. The van der Waals surface area contributed by atoms with Crippen molar-refractivity contribution < 1.29 is 52.2 Å². The first-order valence-corrected chi connectivity index (χ1v) is 32.3. The Balaban J connectivity index is 4.82. The zero-order chi connectivity index (χ0) is 56.9. The van der Waals surface area contributed by atoms with Gasteiger partial charge in [-0.25, -0.2) is 4.57 Å². The van der Waals surface area contributed by atoms with E-state index in [1.165, 1.54) is 70.6 Å². The molecule has 3 atom stereocenters. The number of unbranched alkanes of at least 4 members (excludes halogenated alkanes) is 21. The van der Waals surface area contributed by atoms with Gasteiger partial charge in [-0.15, -0.1) is 0 Å². The van der Waals surface area contributed by atoms with Gasteiger partial charge in [-0.05, 0) is 96.3 Å². The van der Waals surface area contributed by atoms with Gasteiger partial charge in [0.25, 0.3) is 0 Å². The number of phosphoric ester groups is 1. The smallest absolute Gasteiger partial charge is 0.462 e. The Hall–Kier alpha value is -3.86. The zero-order valence-electron chi connectivity index (χ0n) is 49.3. The third-order valence-electron chi connectivity index (χ3n) is 12.7. The number of rotatable bonds is 56. The molecule has 0 rings (SSSR count). The van der Waals surface area contributed by atoms with Crippen LogP contribution in [0.3, 0.4) is 0 Å². The van der Waals surface area contributed by atoms with E-state index in [2.05, 4.69) is 124 Å². The lowest BCUT2D eigenvalue weighted by Gasteiger charge is -2.21. The number of carbonyl (C=O) groups is 3. The Morgan fingerprint density at radius 3 is 1.06 bits per heavy atom. The van der Waals surface area contributed by atoms with Crippen LogP contribution in [0.5, 0.6) is 0 Å². The lowest BCUT2D eigenvalue weighted by Crippen LogP contribution is -2.30. The Labute approximate surface area is 475 Å². The van der Waals surface area contributed by atoms with Gasteiger partial charge in [0.2, 0.25) is 0 Å². The van der Waals surface area contributed by atoms with E-state index in [0.717, 1.165) is 116 Å². The molecule has 0 aromatic heterocycles. The highest BCUT2D eigenvalue weighted by atomic mass is 31.2. The predicted octanol–water partition coefficient (Wildman–Crippen LogP) is 18.6. The van der Waals surface area contributed by atoms with E-state index >= 15 is 0 Å². The lowest BCUT2D eigenvalue weighted by atomic mass is 10.0. The van der Waals surface area contributed by atoms with Gasteiger partial charge >= 0.3 is 25.7 Å². The quantitative estimate of drug-likeness (QED) is 0.0197. The minimum Gasteiger partial charge on any atom is -0.462 e. The highest BCUT2D eigenvalue weighted by molar-refractivity contribution is 7.47. The largest absolute Gasteiger partial charge is 0.472 e. The number of allylic oxidation sites excluding steroid dienone is 18. The van der Waals surface area contributed by atoms with Gasteiger partial charge in [0, 0.05) is 19.3 Å². The normalized spacial score (nSPS) is 14.1. The molecule has 0 amide bonds. The molecule has 2 N–H and O–H groups in total. The summed E-state index contributed by atoms with van der Waals surface area (Å²) < 4.78 is 39.6. The van der Waals surface area contributed by atoms with Crippen LogP contribution in [0.4, 0.5) is 0 Å². The summed E-state index contributed by atoms with van der Waals surface area (Å²) in [7, 11) is -4.77. The fourth-order valence-electron chi connectivity index (χ4n) is 8.09. The maximum Gasteiger partial charge on any atom is 0.472 e. The summed E-state index contributed by atoms with van der Waals surface area (Å²) in [6.45, 7) is 4.36. The molecule has 446 valence electrons. The van der Waals surface area contributed by atoms with Crippen LogP contribution in [0.1, 0.15) is 252 Å². The minimum absolute atomic E-state index is 0.135. The molecular weight excluding hydrogens is 1000 g/mol. The molecule has 0 heterocycles. The number of aliphatic hydroxyl groups is 1. The van der Waals surface area contributed by atoms with Crippen molar-refractivity contribution >= 4 is 25.7 Å². The fourth-order valence-corrected chi connectivity index (χ4v) is 8.87. The molecule has 0 aromatic rings. The molecule has 0 aliphatic carbocycles. The number of carbonyl (C=O) groups excluding carboxylic acids is 3. The first-order valence-electron chi connectivity index (χ1n) is 30.8. The fraction of sp³-hybridized carbons (Fsp3) is 0.682. The second-order valence-electron chi connectivity index (χ2n) is 20.1. The van der Waals surface area contributed by atoms with Gasteiger partial charge in [-0.3, -0.25) is 23.4 Å². The molecule has 0 radical (unpaired) electrons. The first-order chi connectivity index (χ1) is 38.2. The topological polar surface area (TPSA) is 155 Å². The molecule has 0 bridgehead atoms. The SMILES string of the molecule is CC/C=C\C/C=C\C/C=C\C/C=C\C/C=C\CCCC(=O)OCC(COP(=O)(O)OCC(CO)OC(=O)CCCCCCCCCCCCCCCCC)OC(=O)CCCCCCCC/C=C\C/C=C\C/C=C\C/C=C\CC. The van der Waals surface area contributed by atoms with Crippen molar-refractivity contribution in [2.75, 3.05) is 26.4 Å². The van der Waals surface area contributed by atoms with Crippen molar-refractivity contribution in [3.05, 3.63) is 109 Å². The molecule has 0 saturated heterocycles. The van der Waals surface area contributed by atoms with Crippen LogP contribution in [0, 0.1) is 0 Å². The number of aliphatic hydroxyl groups excluding tert-OH is 1. The van der Waals surface area contributed by atoms with Crippen molar-refractivity contribution in [2.45, 2.75) is 264 Å². The van der Waals surface area contributed by atoms with Crippen molar-refractivity contribution in [2.24, 2.45) is 0 Å². The molecule has 12 heteroatoms. The van der Waals surface area contributed by atoms with Crippen molar-refractivity contribution in [3.63, 3.8) is 0 Å².